The van der Waals surface area contributed by atoms with Gasteiger partial charge < -0.3 is 14.7 Å². The summed E-state index contributed by atoms with van der Waals surface area (Å²) in [5, 5.41) is 9.01. The van der Waals surface area contributed by atoms with Gasteiger partial charge >= 0.3 is 0 Å². The van der Waals surface area contributed by atoms with Crippen molar-refractivity contribution in [2.75, 3.05) is 51.2 Å². The van der Waals surface area contributed by atoms with Gasteiger partial charge in [0, 0.05) is 45.2 Å². The lowest BCUT2D eigenvalue weighted by Gasteiger charge is -2.34. The Morgan fingerprint density at radius 1 is 1.09 bits per heavy atom. The summed E-state index contributed by atoms with van der Waals surface area (Å²) in [5.41, 5.74) is 3.85. The SMILES string of the molecule is CN1CCN(c2cnc3c(C4CCN(C(=O)c5ccc(C#N)s5)CC4)ncnc3c2)CC1. The van der Waals surface area contributed by atoms with Gasteiger partial charge in [-0.3, -0.25) is 9.78 Å². The molecule has 3 aromatic heterocycles. The smallest absolute Gasteiger partial charge is 0.263 e. The van der Waals surface area contributed by atoms with Crippen LogP contribution in [0.2, 0.25) is 0 Å². The minimum atomic E-state index is 0.0115. The third-order valence-electron chi connectivity index (χ3n) is 6.45. The summed E-state index contributed by atoms with van der Waals surface area (Å²) in [6.45, 7) is 5.44. The van der Waals surface area contributed by atoms with Crippen molar-refractivity contribution in [1.82, 2.24) is 24.8 Å². The number of nitrogens with zero attached hydrogens (tertiary/aromatic N) is 7. The average Bonchev–Trinajstić information content (AvgIpc) is 3.33. The zero-order valence-electron chi connectivity index (χ0n) is 18.1. The highest BCUT2D eigenvalue weighted by molar-refractivity contribution is 7.14. The lowest BCUT2D eigenvalue weighted by atomic mass is 9.92. The van der Waals surface area contributed by atoms with Gasteiger partial charge in [0.1, 0.15) is 22.8 Å². The van der Waals surface area contributed by atoms with E-state index in [1.807, 2.05) is 11.1 Å². The average molecular weight is 448 g/mol. The number of likely N-dealkylation sites (N-methyl/N-ethyl adjacent to an activating group) is 1. The molecule has 1 amide bonds. The molecule has 2 saturated heterocycles. The summed E-state index contributed by atoms with van der Waals surface area (Å²) in [6, 6.07) is 7.68. The molecule has 0 saturated carbocycles. The van der Waals surface area contributed by atoms with Crippen LogP contribution >= 0.6 is 11.3 Å². The minimum absolute atomic E-state index is 0.0115. The standard InChI is InChI=1S/C23H25N7OS/c1-28-8-10-29(11-9-28)17-12-19-22(25-14-17)21(27-15-26-19)16-4-6-30(7-5-16)23(31)20-3-2-18(13-24)32-20/h2-3,12,14-16H,4-11H2,1H3. The first-order chi connectivity index (χ1) is 15.6. The van der Waals surface area contributed by atoms with E-state index in [-0.39, 0.29) is 11.8 Å². The van der Waals surface area contributed by atoms with Crippen molar-refractivity contribution in [2.24, 2.45) is 0 Å². The van der Waals surface area contributed by atoms with Crippen LogP contribution in [0.1, 0.15) is 39.0 Å². The Labute approximate surface area is 191 Å². The Hall–Kier alpha value is -3.09. The topological polar surface area (TPSA) is 89.2 Å². The third-order valence-corrected chi connectivity index (χ3v) is 7.43. The molecule has 0 radical (unpaired) electrons. The Bertz CT molecular complexity index is 1170. The van der Waals surface area contributed by atoms with E-state index in [0.717, 1.165) is 61.4 Å². The van der Waals surface area contributed by atoms with Gasteiger partial charge in [0.25, 0.3) is 5.91 Å². The predicted octanol–water partition coefficient (Wildman–Crippen LogP) is 2.73. The molecule has 2 aliphatic rings. The Morgan fingerprint density at radius 3 is 2.59 bits per heavy atom. The highest BCUT2D eigenvalue weighted by Crippen LogP contribution is 2.32. The number of piperidine rings is 1. The van der Waals surface area contributed by atoms with Gasteiger partial charge in [0.05, 0.1) is 28.0 Å². The number of likely N-dealkylation sites (tertiary alicyclic amines) is 1. The number of hydrogen-bond donors (Lipinski definition) is 0. The van der Waals surface area contributed by atoms with E-state index in [1.54, 1.807) is 18.5 Å². The minimum Gasteiger partial charge on any atom is -0.368 e. The van der Waals surface area contributed by atoms with Crippen molar-refractivity contribution < 1.29 is 4.79 Å². The molecule has 0 bridgehead atoms. The maximum atomic E-state index is 12.8. The molecule has 0 spiro atoms. The second kappa shape index (κ2) is 8.81. The number of hydrogen-bond acceptors (Lipinski definition) is 8. The summed E-state index contributed by atoms with van der Waals surface area (Å²) in [7, 11) is 2.15. The number of amides is 1. The molecule has 0 aliphatic carbocycles. The third kappa shape index (κ3) is 4.04. The van der Waals surface area contributed by atoms with Crippen molar-refractivity contribution in [3.63, 3.8) is 0 Å². The predicted molar refractivity (Wildman–Crippen MR) is 124 cm³/mol. The number of thiophene rings is 1. The summed E-state index contributed by atoms with van der Waals surface area (Å²) >= 11 is 1.26. The van der Waals surface area contributed by atoms with Gasteiger partial charge in [0.15, 0.2) is 0 Å². The zero-order valence-corrected chi connectivity index (χ0v) is 18.9. The van der Waals surface area contributed by atoms with Crippen LogP contribution in [0.25, 0.3) is 11.0 Å². The largest absolute Gasteiger partial charge is 0.368 e. The number of aromatic nitrogens is 3. The van der Waals surface area contributed by atoms with Crippen molar-refractivity contribution in [3.05, 3.63) is 46.2 Å². The first-order valence-electron chi connectivity index (χ1n) is 11.0. The second-order valence-electron chi connectivity index (χ2n) is 8.45. The van der Waals surface area contributed by atoms with Crippen LogP contribution in [-0.4, -0.2) is 77.0 Å². The Kier molecular flexibility index (Phi) is 5.72. The molecule has 0 N–H and O–H groups in total. The first-order valence-corrected chi connectivity index (χ1v) is 11.8. The number of carbonyl (C=O) groups excluding carboxylic acids is 1. The Morgan fingerprint density at radius 2 is 1.88 bits per heavy atom. The number of fused-ring (bicyclic) bond motifs is 1. The highest BCUT2D eigenvalue weighted by atomic mass is 32.1. The van der Waals surface area contributed by atoms with Gasteiger partial charge in [-0.05, 0) is 38.1 Å². The van der Waals surface area contributed by atoms with E-state index in [4.69, 9.17) is 10.2 Å². The fraction of sp³-hybridized carbons (Fsp3) is 0.435. The second-order valence-corrected chi connectivity index (χ2v) is 9.54. The zero-order chi connectivity index (χ0) is 22.1. The fourth-order valence-corrected chi connectivity index (χ4v) is 5.28. The summed E-state index contributed by atoms with van der Waals surface area (Å²) in [6.07, 6.45) is 5.27. The molecular weight excluding hydrogens is 422 g/mol. The number of pyridine rings is 1. The van der Waals surface area contributed by atoms with Crippen LogP contribution in [0, 0.1) is 11.3 Å². The molecule has 164 valence electrons. The molecule has 2 aliphatic heterocycles. The van der Waals surface area contributed by atoms with Crippen molar-refractivity contribution >= 4 is 34.0 Å². The van der Waals surface area contributed by atoms with Gasteiger partial charge in [0.2, 0.25) is 0 Å². The monoisotopic (exact) mass is 447 g/mol. The molecule has 9 heteroatoms. The lowest BCUT2D eigenvalue weighted by molar-refractivity contribution is 0.0717. The molecule has 0 atom stereocenters. The normalized spacial score (nSPS) is 18.1. The van der Waals surface area contributed by atoms with Crippen LogP contribution < -0.4 is 4.90 Å². The van der Waals surface area contributed by atoms with Crippen LogP contribution in [0.15, 0.2) is 30.7 Å². The number of nitriles is 1. The van der Waals surface area contributed by atoms with E-state index in [1.165, 1.54) is 11.3 Å². The number of rotatable bonds is 3. The first kappa shape index (κ1) is 20.8. The van der Waals surface area contributed by atoms with Crippen LogP contribution in [0.5, 0.6) is 0 Å². The highest BCUT2D eigenvalue weighted by Gasteiger charge is 2.28. The van der Waals surface area contributed by atoms with Gasteiger partial charge in [-0.1, -0.05) is 0 Å². The van der Waals surface area contributed by atoms with E-state index in [2.05, 4.69) is 39.0 Å². The fourth-order valence-electron chi connectivity index (χ4n) is 4.51. The summed E-state index contributed by atoms with van der Waals surface area (Å²) in [4.78, 5) is 34.4. The van der Waals surface area contributed by atoms with Gasteiger partial charge in [-0.15, -0.1) is 11.3 Å². The lowest BCUT2D eigenvalue weighted by Crippen LogP contribution is -2.44. The van der Waals surface area contributed by atoms with E-state index >= 15 is 0 Å². The molecule has 5 heterocycles. The quantitative estimate of drug-likeness (QED) is 0.610. The molecule has 32 heavy (non-hydrogen) atoms. The molecule has 8 nitrogen and oxygen atoms in total. The van der Waals surface area contributed by atoms with Crippen LogP contribution in [0.4, 0.5) is 5.69 Å². The van der Waals surface area contributed by atoms with Crippen molar-refractivity contribution in [2.45, 2.75) is 18.8 Å². The van der Waals surface area contributed by atoms with E-state index in [0.29, 0.717) is 22.8 Å². The molecule has 5 rings (SSSR count). The molecule has 2 fully saturated rings. The summed E-state index contributed by atoms with van der Waals surface area (Å²) in [5.74, 6) is 0.266. The Balaban J connectivity index is 1.30. The van der Waals surface area contributed by atoms with Gasteiger partial charge in [-0.25, -0.2) is 9.97 Å². The molecule has 0 unspecified atom stereocenters. The van der Waals surface area contributed by atoms with E-state index in [9.17, 15) is 4.79 Å². The van der Waals surface area contributed by atoms with Crippen LogP contribution in [0.3, 0.4) is 0 Å². The molecular formula is C23H25N7OS. The number of carbonyl (C=O) groups is 1. The van der Waals surface area contributed by atoms with Crippen molar-refractivity contribution in [1.29, 1.82) is 5.26 Å². The van der Waals surface area contributed by atoms with Gasteiger partial charge in [-0.2, -0.15) is 5.26 Å². The van der Waals surface area contributed by atoms with Crippen LogP contribution in [-0.2, 0) is 0 Å². The number of anilines is 1. The molecule has 0 aromatic carbocycles. The van der Waals surface area contributed by atoms with Crippen molar-refractivity contribution in [3.8, 4) is 6.07 Å². The molecule has 3 aromatic rings. The summed E-state index contributed by atoms with van der Waals surface area (Å²) < 4.78 is 0. The maximum Gasteiger partial charge on any atom is 0.263 e. The van der Waals surface area contributed by atoms with E-state index < -0.39 is 0 Å². The maximum absolute atomic E-state index is 12.8. The number of piperazine rings is 1.